The van der Waals surface area contributed by atoms with E-state index >= 15 is 0 Å². The van der Waals surface area contributed by atoms with Crippen molar-refractivity contribution in [2.75, 3.05) is 38.1 Å². The van der Waals surface area contributed by atoms with E-state index in [-0.39, 0.29) is 12.1 Å². The Balaban J connectivity index is 1.76. The largest absolute Gasteiger partial charge is 0.489 e. The number of likely N-dealkylation sites (tertiary alicyclic amines) is 1. The van der Waals surface area contributed by atoms with Gasteiger partial charge in [-0.15, -0.1) is 0 Å². The van der Waals surface area contributed by atoms with Crippen LogP contribution in [0.1, 0.15) is 46.2 Å². The second kappa shape index (κ2) is 8.33. The number of pyridine rings is 1. The normalized spacial score (nSPS) is 18.2. The molecule has 1 aromatic rings. The van der Waals surface area contributed by atoms with Crippen molar-refractivity contribution in [3.63, 3.8) is 0 Å². The number of fused-ring (bicyclic) bond motifs is 1. The standard InChI is InChI=1S/C20H32N4O3/c1-5-23-9-6-16(7-10-23)24(19(25)27-20(2,3)4)14-15-12-18-17(13-22-15)21-8-11-26-18/h12-13,16,21H,5-11,14H2,1-4H3. The SMILES string of the molecule is CCN1CCC(N(Cc2cc3c(cn2)NCCO3)C(=O)OC(C)(C)C)CC1. The molecule has 0 aromatic carbocycles. The molecule has 0 atom stereocenters. The highest BCUT2D eigenvalue weighted by molar-refractivity contribution is 5.68. The summed E-state index contributed by atoms with van der Waals surface area (Å²) in [5.41, 5.74) is 1.21. The molecule has 7 heteroatoms. The van der Waals surface area contributed by atoms with Crippen LogP contribution in [0.3, 0.4) is 0 Å². The van der Waals surface area contributed by atoms with Gasteiger partial charge in [0.15, 0.2) is 0 Å². The van der Waals surface area contributed by atoms with Gasteiger partial charge in [-0.1, -0.05) is 6.92 Å². The molecule has 1 N–H and O–H groups in total. The van der Waals surface area contributed by atoms with Crippen LogP contribution in [-0.4, -0.2) is 65.3 Å². The second-order valence-corrected chi connectivity index (χ2v) is 8.22. The van der Waals surface area contributed by atoms with Crippen molar-refractivity contribution in [3.8, 4) is 5.75 Å². The molecular formula is C20H32N4O3. The number of anilines is 1. The van der Waals surface area contributed by atoms with E-state index in [1.165, 1.54) is 0 Å². The number of hydrogen-bond donors (Lipinski definition) is 1. The zero-order valence-electron chi connectivity index (χ0n) is 17.0. The Morgan fingerprint density at radius 3 is 2.81 bits per heavy atom. The monoisotopic (exact) mass is 376 g/mol. The number of carbonyl (C=O) groups is 1. The van der Waals surface area contributed by atoms with Gasteiger partial charge in [0.25, 0.3) is 0 Å². The molecule has 0 unspecified atom stereocenters. The van der Waals surface area contributed by atoms with E-state index < -0.39 is 5.60 Å². The number of nitrogens with one attached hydrogen (secondary N) is 1. The number of carbonyl (C=O) groups excluding carboxylic acids is 1. The van der Waals surface area contributed by atoms with Gasteiger partial charge >= 0.3 is 6.09 Å². The van der Waals surface area contributed by atoms with Crippen LogP contribution in [0.15, 0.2) is 12.3 Å². The van der Waals surface area contributed by atoms with Crippen molar-refractivity contribution < 1.29 is 14.3 Å². The van der Waals surface area contributed by atoms with E-state index in [0.29, 0.717) is 13.2 Å². The van der Waals surface area contributed by atoms with Crippen LogP contribution in [0.4, 0.5) is 10.5 Å². The predicted molar refractivity (Wildman–Crippen MR) is 105 cm³/mol. The minimum atomic E-state index is -0.518. The maximum absolute atomic E-state index is 12.9. The average Bonchev–Trinajstić information content (AvgIpc) is 2.64. The Hall–Kier alpha value is -2.02. The summed E-state index contributed by atoms with van der Waals surface area (Å²) in [6.45, 7) is 12.8. The highest BCUT2D eigenvalue weighted by Gasteiger charge is 2.31. The molecule has 1 fully saturated rings. The molecule has 1 aromatic heterocycles. The van der Waals surface area contributed by atoms with E-state index in [1.807, 2.05) is 31.7 Å². The van der Waals surface area contributed by atoms with Crippen molar-refractivity contribution in [2.45, 2.75) is 58.7 Å². The van der Waals surface area contributed by atoms with Crippen LogP contribution in [0, 0.1) is 0 Å². The van der Waals surface area contributed by atoms with Crippen molar-refractivity contribution in [1.29, 1.82) is 0 Å². The summed E-state index contributed by atoms with van der Waals surface area (Å²) in [5, 5.41) is 3.27. The Morgan fingerprint density at radius 1 is 1.41 bits per heavy atom. The first-order chi connectivity index (χ1) is 12.9. The van der Waals surface area contributed by atoms with E-state index in [2.05, 4.69) is 22.1 Å². The van der Waals surface area contributed by atoms with Gasteiger partial charge in [-0.3, -0.25) is 9.88 Å². The summed E-state index contributed by atoms with van der Waals surface area (Å²) >= 11 is 0. The molecule has 150 valence electrons. The van der Waals surface area contributed by atoms with Crippen molar-refractivity contribution in [3.05, 3.63) is 18.0 Å². The smallest absolute Gasteiger partial charge is 0.410 e. The molecule has 0 bridgehead atoms. The van der Waals surface area contributed by atoms with E-state index in [1.54, 1.807) is 6.20 Å². The summed E-state index contributed by atoms with van der Waals surface area (Å²) in [6.07, 6.45) is 3.43. The van der Waals surface area contributed by atoms with E-state index in [9.17, 15) is 4.79 Å². The lowest BCUT2D eigenvalue weighted by Crippen LogP contribution is -2.48. The minimum Gasteiger partial charge on any atom is -0.489 e. The third-order valence-electron chi connectivity index (χ3n) is 5.00. The molecule has 7 nitrogen and oxygen atoms in total. The number of ether oxygens (including phenoxy) is 2. The molecule has 27 heavy (non-hydrogen) atoms. The molecule has 1 amide bonds. The highest BCUT2D eigenvalue weighted by atomic mass is 16.6. The van der Waals surface area contributed by atoms with Gasteiger partial charge in [0, 0.05) is 31.7 Å². The fourth-order valence-corrected chi connectivity index (χ4v) is 3.55. The third kappa shape index (κ3) is 5.25. The van der Waals surface area contributed by atoms with Crippen molar-refractivity contribution in [2.24, 2.45) is 0 Å². The first-order valence-electron chi connectivity index (χ1n) is 9.93. The fraction of sp³-hybridized carbons (Fsp3) is 0.700. The number of nitrogens with zero attached hydrogens (tertiary/aromatic N) is 3. The van der Waals surface area contributed by atoms with Crippen LogP contribution in [0.5, 0.6) is 5.75 Å². The number of hydrogen-bond acceptors (Lipinski definition) is 6. The van der Waals surface area contributed by atoms with Crippen LogP contribution in [0.2, 0.25) is 0 Å². The Kier molecular flexibility index (Phi) is 6.09. The maximum atomic E-state index is 12.9. The zero-order valence-corrected chi connectivity index (χ0v) is 17.0. The summed E-state index contributed by atoms with van der Waals surface area (Å²) in [6, 6.07) is 2.10. The molecular weight excluding hydrogens is 344 g/mol. The average molecular weight is 377 g/mol. The molecule has 0 spiro atoms. The van der Waals surface area contributed by atoms with Gasteiger partial charge in [0.2, 0.25) is 0 Å². The van der Waals surface area contributed by atoms with Crippen LogP contribution in [-0.2, 0) is 11.3 Å². The van der Waals surface area contributed by atoms with E-state index in [0.717, 1.165) is 56.2 Å². The first kappa shape index (κ1) is 19.7. The number of aromatic nitrogens is 1. The van der Waals surface area contributed by atoms with Gasteiger partial charge in [-0.2, -0.15) is 0 Å². The maximum Gasteiger partial charge on any atom is 0.410 e. The Labute approximate surface area is 162 Å². The summed E-state index contributed by atoms with van der Waals surface area (Å²) in [5.74, 6) is 0.802. The first-order valence-corrected chi connectivity index (χ1v) is 9.93. The van der Waals surface area contributed by atoms with Gasteiger partial charge in [0.05, 0.1) is 24.1 Å². The molecule has 0 aliphatic carbocycles. The number of rotatable bonds is 4. The molecule has 3 rings (SSSR count). The summed E-state index contributed by atoms with van der Waals surface area (Å²) in [7, 11) is 0. The summed E-state index contributed by atoms with van der Waals surface area (Å²) < 4.78 is 11.4. The highest BCUT2D eigenvalue weighted by Crippen LogP contribution is 2.28. The van der Waals surface area contributed by atoms with Crippen molar-refractivity contribution >= 4 is 11.8 Å². The second-order valence-electron chi connectivity index (χ2n) is 8.22. The summed E-state index contributed by atoms with van der Waals surface area (Å²) in [4.78, 5) is 21.7. The minimum absolute atomic E-state index is 0.166. The van der Waals surface area contributed by atoms with Gasteiger partial charge < -0.3 is 19.7 Å². The van der Waals surface area contributed by atoms with Gasteiger partial charge in [0.1, 0.15) is 18.0 Å². The van der Waals surface area contributed by atoms with Crippen LogP contribution < -0.4 is 10.1 Å². The molecule has 3 heterocycles. The fourth-order valence-electron chi connectivity index (χ4n) is 3.55. The molecule has 1 saturated heterocycles. The van der Waals surface area contributed by atoms with Gasteiger partial charge in [-0.05, 0) is 40.2 Å². The zero-order chi connectivity index (χ0) is 19.4. The molecule has 2 aliphatic rings. The Bertz CT molecular complexity index is 651. The lowest BCUT2D eigenvalue weighted by atomic mass is 10.0. The topological polar surface area (TPSA) is 66.9 Å². The molecule has 0 radical (unpaired) electrons. The van der Waals surface area contributed by atoms with E-state index in [4.69, 9.17) is 9.47 Å². The van der Waals surface area contributed by atoms with Crippen molar-refractivity contribution in [1.82, 2.24) is 14.8 Å². The Morgan fingerprint density at radius 2 is 2.15 bits per heavy atom. The number of piperidine rings is 1. The quantitative estimate of drug-likeness (QED) is 0.871. The van der Waals surface area contributed by atoms with Crippen LogP contribution >= 0.6 is 0 Å². The third-order valence-corrected chi connectivity index (χ3v) is 5.00. The van der Waals surface area contributed by atoms with Crippen LogP contribution in [0.25, 0.3) is 0 Å². The van der Waals surface area contributed by atoms with Gasteiger partial charge in [-0.25, -0.2) is 4.79 Å². The lowest BCUT2D eigenvalue weighted by molar-refractivity contribution is 0.00570. The predicted octanol–water partition coefficient (Wildman–Crippen LogP) is 3.11. The lowest BCUT2D eigenvalue weighted by Gasteiger charge is -2.38. The molecule has 0 saturated carbocycles. The number of amides is 1. The molecule has 2 aliphatic heterocycles.